The maximum absolute atomic E-state index is 13.1. The summed E-state index contributed by atoms with van der Waals surface area (Å²) in [5, 5.41) is 0.599. The zero-order valence-corrected chi connectivity index (χ0v) is 9.24. The highest BCUT2D eigenvalue weighted by Crippen LogP contribution is 2.16. The van der Waals surface area contributed by atoms with E-state index in [-0.39, 0.29) is 11.1 Å². The molecule has 0 spiro atoms. The van der Waals surface area contributed by atoms with Crippen LogP contribution < -0.4 is 0 Å². The molecule has 0 fully saturated rings. The third-order valence-electron chi connectivity index (χ3n) is 1.69. The van der Waals surface area contributed by atoms with Crippen LogP contribution in [0.15, 0.2) is 17.5 Å². The Bertz CT molecular complexity index is 509. The Balaban J connectivity index is 3.17. The molecule has 0 saturated heterocycles. The fourth-order valence-electron chi connectivity index (χ4n) is 0.944. The highest BCUT2D eigenvalue weighted by atomic mass is 35.7. The lowest BCUT2D eigenvalue weighted by atomic mass is 10.1. The first kappa shape index (κ1) is 12.1. The van der Waals surface area contributed by atoms with Crippen LogP contribution in [0.3, 0.4) is 0 Å². The molecule has 1 rings (SSSR count). The lowest BCUT2D eigenvalue weighted by molar-refractivity contribution is 0.590. The van der Waals surface area contributed by atoms with E-state index in [0.717, 1.165) is 18.2 Å². The predicted molar refractivity (Wildman–Crippen MR) is 54.9 cm³/mol. The highest BCUT2D eigenvalue weighted by molar-refractivity contribution is 8.16. The van der Waals surface area contributed by atoms with Gasteiger partial charge in [-0.05, 0) is 30.7 Å². The van der Waals surface area contributed by atoms with Crippen LogP contribution in [0.5, 0.6) is 0 Å². The highest BCUT2D eigenvalue weighted by Gasteiger charge is 2.05. The fraction of sp³-hybridized carbons (Fsp3) is 0.111. The molecular weight excluding hydrogens is 246 g/mol. The molecule has 0 unspecified atom stereocenters. The summed E-state index contributed by atoms with van der Waals surface area (Å²) >= 11 is 0. The van der Waals surface area contributed by atoms with E-state index in [0.29, 0.717) is 5.41 Å². The molecule has 0 atom stereocenters. The van der Waals surface area contributed by atoms with Gasteiger partial charge in [0, 0.05) is 21.7 Å². The van der Waals surface area contributed by atoms with Gasteiger partial charge in [-0.2, -0.15) is 0 Å². The van der Waals surface area contributed by atoms with Crippen molar-refractivity contribution >= 4 is 25.8 Å². The Hall–Kier alpha value is -0.940. The maximum Gasteiger partial charge on any atom is 0.254 e. The van der Waals surface area contributed by atoms with Gasteiger partial charge in [-0.25, -0.2) is 17.2 Å². The van der Waals surface area contributed by atoms with Crippen molar-refractivity contribution in [3.8, 4) is 0 Å². The molecule has 0 aliphatic heterocycles. The van der Waals surface area contributed by atoms with Crippen molar-refractivity contribution in [3.63, 3.8) is 0 Å². The van der Waals surface area contributed by atoms with Gasteiger partial charge in [-0.1, -0.05) is 0 Å². The van der Waals surface area contributed by atoms with Crippen LogP contribution in [0, 0.1) is 18.6 Å². The molecule has 0 bridgehead atoms. The van der Waals surface area contributed by atoms with E-state index in [2.05, 4.69) is 0 Å². The smallest absolute Gasteiger partial charge is 0.208 e. The van der Waals surface area contributed by atoms with Gasteiger partial charge in [0.15, 0.2) is 0 Å². The van der Waals surface area contributed by atoms with Gasteiger partial charge in [0.05, 0.1) is 0 Å². The molecule has 82 valence electrons. The molecule has 0 saturated carbocycles. The van der Waals surface area contributed by atoms with Crippen LogP contribution in [-0.4, -0.2) is 8.42 Å². The Labute approximate surface area is 90.6 Å². The molecule has 0 aromatic heterocycles. The van der Waals surface area contributed by atoms with Crippen molar-refractivity contribution in [1.29, 1.82) is 0 Å². The average molecular weight is 253 g/mol. The van der Waals surface area contributed by atoms with Crippen molar-refractivity contribution in [2.24, 2.45) is 0 Å². The van der Waals surface area contributed by atoms with Gasteiger partial charge >= 0.3 is 0 Å². The number of hydrogen-bond donors (Lipinski definition) is 0. The van der Waals surface area contributed by atoms with Gasteiger partial charge in [-0.15, -0.1) is 0 Å². The monoisotopic (exact) mass is 252 g/mol. The van der Waals surface area contributed by atoms with E-state index in [1.165, 1.54) is 6.92 Å². The summed E-state index contributed by atoms with van der Waals surface area (Å²) in [6, 6.07) is 1.89. The summed E-state index contributed by atoms with van der Waals surface area (Å²) in [6.07, 6.45) is 0.903. The molecule has 2 nitrogen and oxygen atoms in total. The van der Waals surface area contributed by atoms with Crippen molar-refractivity contribution in [1.82, 2.24) is 0 Å². The number of hydrogen-bond acceptors (Lipinski definition) is 2. The van der Waals surface area contributed by atoms with Crippen LogP contribution in [0.2, 0.25) is 0 Å². The molecule has 15 heavy (non-hydrogen) atoms. The van der Waals surface area contributed by atoms with Crippen molar-refractivity contribution < 1.29 is 17.2 Å². The third-order valence-corrected chi connectivity index (χ3v) is 2.46. The minimum atomic E-state index is -3.86. The van der Waals surface area contributed by atoms with Crippen molar-refractivity contribution in [3.05, 3.63) is 40.3 Å². The van der Waals surface area contributed by atoms with Crippen LogP contribution in [-0.2, 0) is 9.05 Å². The van der Waals surface area contributed by atoms with Crippen LogP contribution >= 0.6 is 10.7 Å². The van der Waals surface area contributed by atoms with Gasteiger partial charge in [0.2, 0.25) is 0 Å². The summed E-state index contributed by atoms with van der Waals surface area (Å²) in [4.78, 5) is 0. The van der Waals surface area contributed by atoms with E-state index >= 15 is 0 Å². The fourth-order valence-corrected chi connectivity index (χ4v) is 1.41. The van der Waals surface area contributed by atoms with Crippen LogP contribution in [0.25, 0.3) is 6.08 Å². The molecule has 6 heteroatoms. The first-order valence-electron chi connectivity index (χ1n) is 3.88. The molecule has 0 radical (unpaired) electrons. The lowest BCUT2D eigenvalue weighted by Gasteiger charge is -2.00. The largest absolute Gasteiger partial charge is 0.254 e. The molecule has 0 aliphatic rings. The van der Waals surface area contributed by atoms with Crippen molar-refractivity contribution in [2.45, 2.75) is 6.92 Å². The number of aryl methyl sites for hydroxylation is 1. The maximum atomic E-state index is 13.1. The molecule has 1 aromatic rings. The zero-order chi connectivity index (χ0) is 11.6. The Kier molecular flexibility index (Phi) is 3.46. The summed E-state index contributed by atoms with van der Waals surface area (Å²) in [5.41, 5.74) is -0.0132. The van der Waals surface area contributed by atoms with Crippen LogP contribution in [0.1, 0.15) is 11.1 Å². The van der Waals surface area contributed by atoms with E-state index in [9.17, 15) is 17.2 Å². The summed E-state index contributed by atoms with van der Waals surface area (Å²) < 4.78 is 47.2. The molecule has 1 aromatic carbocycles. The third kappa shape index (κ3) is 3.60. The molecule has 0 N–H and O–H groups in total. The molecule has 0 heterocycles. The molecule has 0 amide bonds. The minimum absolute atomic E-state index is 0.151. The summed E-state index contributed by atoms with van der Waals surface area (Å²) in [6.45, 7) is 1.41. The second kappa shape index (κ2) is 4.28. The average Bonchev–Trinajstić information content (AvgIpc) is 2.07. The Morgan fingerprint density at radius 2 is 1.87 bits per heavy atom. The Morgan fingerprint density at radius 1 is 1.27 bits per heavy atom. The Morgan fingerprint density at radius 3 is 2.40 bits per heavy atom. The van der Waals surface area contributed by atoms with Gasteiger partial charge in [0.25, 0.3) is 9.05 Å². The lowest BCUT2D eigenvalue weighted by Crippen LogP contribution is -1.90. The van der Waals surface area contributed by atoms with E-state index in [1.807, 2.05) is 0 Å². The molecule has 0 aliphatic carbocycles. The quantitative estimate of drug-likeness (QED) is 0.759. The number of halogens is 3. The standard InChI is InChI=1S/C9H7ClF2O2S/c1-6-4-9(12)7(5-8(6)11)2-3-15(10,13)14/h2-5H,1H3. The topological polar surface area (TPSA) is 34.1 Å². The second-order valence-electron chi connectivity index (χ2n) is 2.90. The van der Waals surface area contributed by atoms with Crippen LogP contribution in [0.4, 0.5) is 8.78 Å². The van der Waals surface area contributed by atoms with E-state index in [4.69, 9.17) is 10.7 Å². The number of benzene rings is 1. The van der Waals surface area contributed by atoms with Crippen molar-refractivity contribution in [2.75, 3.05) is 0 Å². The SMILES string of the molecule is Cc1cc(F)c(C=CS(=O)(=O)Cl)cc1F. The van der Waals surface area contributed by atoms with Gasteiger partial charge in [-0.3, -0.25) is 0 Å². The van der Waals surface area contributed by atoms with Gasteiger partial charge in [0.1, 0.15) is 11.6 Å². The minimum Gasteiger partial charge on any atom is -0.208 e. The second-order valence-corrected chi connectivity index (χ2v) is 5.41. The summed E-state index contributed by atoms with van der Waals surface area (Å²) in [7, 11) is 1.02. The zero-order valence-electron chi connectivity index (χ0n) is 7.67. The predicted octanol–water partition coefficient (Wildman–Crippen LogP) is 2.81. The first-order chi connectivity index (χ1) is 6.79. The van der Waals surface area contributed by atoms with E-state index < -0.39 is 20.7 Å². The summed E-state index contributed by atoms with van der Waals surface area (Å²) in [5.74, 6) is -1.31. The van der Waals surface area contributed by atoms with Gasteiger partial charge < -0.3 is 0 Å². The first-order valence-corrected chi connectivity index (χ1v) is 6.25. The van der Waals surface area contributed by atoms with E-state index in [1.54, 1.807) is 0 Å². The number of rotatable bonds is 2. The normalized spacial score (nSPS) is 12.3. The molecular formula is C9H7ClF2O2S.